The summed E-state index contributed by atoms with van der Waals surface area (Å²) in [7, 11) is 0. The number of hydrogen-bond donors (Lipinski definition) is 1. The van der Waals surface area contributed by atoms with Gasteiger partial charge in [-0.1, -0.05) is 62.4 Å². The molecule has 6 nitrogen and oxygen atoms in total. The molecule has 0 saturated heterocycles. The van der Waals surface area contributed by atoms with E-state index < -0.39 is 6.10 Å². The van der Waals surface area contributed by atoms with Crippen LogP contribution in [0.5, 0.6) is 11.5 Å². The summed E-state index contributed by atoms with van der Waals surface area (Å²) in [6.45, 7) is 5.16. The van der Waals surface area contributed by atoms with Crippen molar-refractivity contribution in [1.29, 1.82) is 0 Å². The Morgan fingerprint density at radius 1 is 1.06 bits per heavy atom. The molecule has 1 heterocycles. The number of hydrogen-bond acceptors (Lipinski definition) is 4. The third-order valence-electron chi connectivity index (χ3n) is 6.22. The number of benzene rings is 3. The number of rotatable bonds is 9. The number of amides is 2. The Hall–Kier alpha value is -3.80. The van der Waals surface area contributed by atoms with E-state index in [0.717, 1.165) is 16.9 Å². The van der Waals surface area contributed by atoms with Gasteiger partial charge in [-0.05, 0) is 48.7 Å². The summed E-state index contributed by atoms with van der Waals surface area (Å²) in [5.41, 5.74) is 2.54. The molecule has 0 aliphatic carbocycles. The summed E-state index contributed by atoms with van der Waals surface area (Å²) in [6.07, 6.45) is 0.726. The number of para-hydroxylation sites is 1. The minimum absolute atomic E-state index is 0.0520. The first kappa shape index (κ1) is 24.3. The molecule has 1 N–H and O–H groups in total. The van der Waals surface area contributed by atoms with E-state index >= 15 is 0 Å². The Bertz CT molecular complexity index is 1130. The molecule has 3 aromatic carbocycles. The second kappa shape index (κ2) is 11.6. The molecule has 4 rings (SSSR count). The molecule has 2 amide bonds. The fourth-order valence-corrected chi connectivity index (χ4v) is 4.31. The summed E-state index contributed by atoms with van der Waals surface area (Å²) in [4.78, 5) is 27.9. The van der Waals surface area contributed by atoms with Crippen molar-refractivity contribution in [3.8, 4) is 11.5 Å². The normalized spacial score (nSPS) is 16.0. The average molecular weight is 473 g/mol. The second-order valence-corrected chi connectivity index (χ2v) is 8.62. The fraction of sp³-hybridized carbons (Fsp3) is 0.310. The zero-order valence-corrected chi connectivity index (χ0v) is 20.3. The maximum Gasteiger partial charge on any atom is 0.264 e. The highest BCUT2D eigenvalue weighted by Crippen LogP contribution is 2.30. The molecule has 0 radical (unpaired) electrons. The molecule has 2 unspecified atom stereocenters. The van der Waals surface area contributed by atoms with Gasteiger partial charge in [-0.25, -0.2) is 0 Å². The predicted molar refractivity (Wildman–Crippen MR) is 137 cm³/mol. The Kier molecular flexibility index (Phi) is 8.03. The molecule has 0 spiro atoms. The number of anilines is 1. The van der Waals surface area contributed by atoms with Crippen LogP contribution in [0.2, 0.25) is 0 Å². The van der Waals surface area contributed by atoms with Crippen molar-refractivity contribution >= 4 is 17.5 Å². The number of carbonyl (C=O) groups is 2. The maximum atomic E-state index is 13.1. The molecule has 35 heavy (non-hydrogen) atoms. The van der Waals surface area contributed by atoms with Crippen molar-refractivity contribution < 1.29 is 19.1 Å². The first-order valence-electron chi connectivity index (χ1n) is 12.2. The van der Waals surface area contributed by atoms with Crippen molar-refractivity contribution in [2.24, 2.45) is 0 Å². The van der Waals surface area contributed by atoms with Gasteiger partial charge in [0.1, 0.15) is 18.1 Å². The average Bonchev–Trinajstić information content (AvgIpc) is 3.01. The lowest BCUT2D eigenvalue weighted by molar-refractivity contribution is -0.138. The van der Waals surface area contributed by atoms with Crippen molar-refractivity contribution in [3.63, 3.8) is 0 Å². The molecule has 1 aliphatic rings. The van der Waals surface area contributed by atoms with Gasteiger partial charge in [-0.2, -0.15) is 0 Å². The van der Waals surface area contributed by atoms with E-state index in [0.29, 0.717) is 44.0 Å². The van der Waals surface area contributed by atoms with Crippen molar-refractivity contribution in [2.75, 3.05) is 18.5 Å². The Morgan fingerprint density at radius 3 is 2.46 bits per heavy atom. The highest BCUT2D eigenvalue weighted by atomic mass is 16.5. The molecule has 0 aromatic heterocycles. The number of nitrogens with zero attached hydrogens (tertiary/aromatic N) is 1. The predicted octanol–water partition coefficient (Wildman–Crippen LogP) is 5.40. The van der Waals surface area contributed by atoms with Crippen LogP contribution in [-0.2, 0) is 16.1 Å². The van der Waals surface area contributed by atoms with Crippen LogP contribution in [0.1, 0.15) is 43.7 Å². The lowest BCUT2D eigenvalue weighted by Crippen LogP contribution is -2.41. The molecular weight excluding hydrogens is 440 g/mol. The van der Waals surface area contributed by atoms with Gasteiger partial charge in [-0.15, -0.1) is 0 Å². The van der Waals surface area contributed by atoms with E-state index in [4.69, 9.17) is 9.47 Å². The van der Waals surface area contributed by atoms with Gasteiger partial charge in [0.25, 0.3) is 5.91 Å². The fourth-order valence-electron chi connectivity index (χ4n) is 4.31. The molecule has 1 aliphatic heterocycles. The van der Waals surface area contributed by atoms with Gasteiger partial charge in [0.05, 0.1) is 12.5 Å². The van der Waals surface area contributed by atoms with Gasteiger partial charge in [0.15, 0.2) is 6.10 Å². The summed E-state index contributed by atoms with van der Waals surface area (Å²) in [5.74, 6) is 1.10. The second-order valence-electron chi connectivity index (χ2n) is 8.62. The minimum Gasteiger partial charge on any atom is -0.492 e. The van der Waals surface area contributed by atoms with Gasteiger partial charge in [0, 0.05) is 17.8 Å². The smallest absolute Gasteiger partial charge is 0.264 e. The van der Waals surface area contributed by atoms with Crippen LogP contribution in [0.3, 0.4) is 0 Å². The number of fused-ring (bicyclic) bond motifs is 1. The molecular formula is C29H32N2O4. The van der Waals surface area contributed by atoms with Crippen LogP contribution in [0.4, 0.5) is 5.69 Å². The zero-order valence-electron chi connectivity index (χ0n) is 20.3. The van der Waals surface area contributed by atoms with E-state index in [-0.39, 0.29) is 17.7 Å². The summed E-state index contributed by atoms with van der Waals surface area (Å²) >= 11 is 0. The lowest BCUT2D eigenvalue weighted by atomic mass is 9.95. The van der Waals surface area contributed by atoms with Crippen LogP contribution in [0.25, 0.3) is 0 Å². The van der Waals surface area contributed by atoms with Gasteiger partial charge < -0.3 is 19.7 Å². The summed E-state index contributed by atoms with van der Waals surface area (Å²) in [6, 6.07) is 24.9. The summed E-state index contributed by atoms with van der Waals surface area (Å²) < 4.78 is 11.9. The third kappa shape index (κ3) is 6.01. The standard InChI is InChI=1S/C29H32N2O4/c1-3-25(21-11-7-5-8-12-21)28(32)30-23-15-16-27-22(19-23)20-31(29(33)26(4-2)35-27)17-18-34-24-13-9-6-10-14-24/h5-16,19,25-26H,3-4,17-18,20H2,1-2H3,(H,30,32). The van der Waals surface area contributed by atoms with Gasteiger partial charge >= 0.3 is 0 Å². The monoisotopic (exact) mass is 472 g/mol. The Labute approximate surface area is 206 Å². The lowest BCUT2D eigenvalue weighted by Gasteiger charge is -2.23. The maximum absolute atomic E-state index is 13.1. The van der Waals surface area contributed by atoms with Crippen LogP contribution in [0.15, 0.2) is 78.9 Å². The van der Waals surface area contributed by atoms with Gasteiger partial charge in [-0.3, -0.25) is 9.59 Å². The first-order valence-corrected chi connectivity index (χ1v) is 12.2. The van der Waals surface area contributed by atoms with Crippen molar-refractivity contribution in [1.82, 2.24) is 4.90 Å². The highest BCUT2D eigenvalue weighted by Gasteiger charge is 2.30. The molecule has 3 aromatic rings. The molecule has 0 bridgehead atoms. The van der Waals surface area contributed by atoms with E-state index in [1.165, 1.54) is 0 Å². The third-order valence-corrected chi connectivity index (χ3v) is 6.22. The van der Waals surface area contributed by atoms with E-state index in [2.05, 4.69) is 5.32 Å². The van der Waals surface area contributed by atoms with E-state index in [1.54, 1.807) is 4.90 Å². The number of nitrogens with one attached hydrogen (secondary N) is 1. The Balaban J connectivity index is 1.48. The van der Waals surface area contributed by atoms with Crippen LogP contribution in [-0.4, -0.2) is 36.0 Å². The van der Waals surface area contributed by atoms with E-state index in [1.807, 2.05) is 92.7 Å². The molecule has 2 atom stereocenters. The molecule has 6 heteroatoms. The topological polar surface area (TPSA) is 67.9 Å². The molecule has 0 fully saturated rings. The van der Waals surface area contributed by atoms with Crippen molar-refractivity contribution in [3.05, 3.63) is 90.0 Å². The highest BCUT2D eigenvalue weighted by molar-refractivity contribution is 5.96. The van der Waals surface area contributed by atoms with Gasteiger partial charge in [0.2, 0.25) is 5.91 Å². The molecule has 0 saturated carbocycles. The van der Waals surface area contributed by atoms with Crippen LogP contribution < -0.4 is 14.8 Å². The molecule has 182 valence electrons. The first-order chi connectivity index (χ1) is 17.1. The summed E-state index contributed by atoms with van der Waals surface area (Å²) in [5, 5.41) is 3.06. The Morgan fingerprint density at radius 2 is 1.77 bits per heavy atom. The minimum atomic E-state index is -0.545. The van der Waals surface area contributed by atoms with Crippen molar-refractivity contribution in [2.45, 2.75) is 45.3 Å². The number of carbonyl (C=O) groups excluding carboxylic acids is 2. The number of ether oxygens (including phenoxy) is 2. The quantitative estimate of drug-likeness (QED) is 0.453. The van der Waals surface area contributed by atoms with E-state index in [9.17, 15) is 9.59 Å². The van der Waals surface area contributed by atoms with Crippen LogP contribution >= 0.6 is 0 Å². The SMILES string of the molecule is CCC1Oc2ccc(NC(=O)C(CC)c3ccccc3)cc2CN(CCOc2ccccc2)C1=O. The largest absolute Gasteiger partial charge is 0.492 e. The van der Waals surface area contributed by atoms with Crippen LogP contribution in [0, 0.1) is 0 Å². The zero-order chi connectivity index (χ0) is 24.6.